The van der Waals surface area contributed by atoms with E-state index in [9.17, 15) is 14.4 Å². The van der Waals surface area contributed by atoms with E-state index in [2.05, 4.69) is 10.4 Å². The Morgan fingerprint density at radius 2 is 2.32 bits per heavy atom. The Bertz CT molecular complexity index is 658. The summed E-state index contributed by atoms with van der Waals surface area (Å²) < 4.78 is 2.80. The van der Waals surface area contributed by atoms with Crippen LogP contribution in [0, 0.1) is 0 Å². The van der Waals surface area contributed by atoms with Crippen LogP contribution in [0.4, 0.5) is 0 Å². The highest BCUT2D eigenvalue weighted by molar-refractivity contribution is 5.85. The number of aromatic nitrogens is 3. The van der Waals surface area contributed by atoms with Gasteiger partial charge in [-0.25, -0.2) is 9.48 Å². The molecule has 0 aliphatic heterocycles. The number of nitrogens with one attached hydrogen (secondary N) is 1. The van der Waals surface area contributed by atoms with Crippen LogP contribution < -0.4 is 11.0 Å². The Kier molecular flexibility index (Phi) is 3.74. The van der Waals surface area contributed by atoms with E-state index >= 15 is 0 Å². The fourth-order valence-electron chi connectivity index (χ4n) is 1.83. The minimum Gasteiger partial charge on any atom is -0.299 e. The normalized spacial score (nSPS) is 12.3. The summed E-state index contributed by atoms with van der Waals surface area (Å²) >= 11 is 0. The lowest BCUT2D eigenvalue weighted by Gasteiger charge is -2.09. The van der Waals surface area contributed by atoms with Crippen molar-refractivity contribution in [2.45, 2.75) is 25.8 Å². The molecule has 0 fully saturated rings. The topological polar surface area (TPSA) is 85.5 Å². The van der Waals surface area contributed by atoms with Crippen molar-refractivity contribution in [1.29, 1.82) is 0 Å². The van der Waals surface area contributed by atoms with Crippen molar-refractivity contribution in [2.75, 3.05) is 0 Å². The van der Waals surface area contributed by atoms with Gasteiger partial charge in [-0.05, 0) is 25.5 Å². The van der Waals surface area contributed by atoms with Crippen LogP contribution in [0.2, 0.25) is 0 Å². The number of hydrogen-bond donors (Lipinski definition) is 1. The van der Waals surface area contributed by atoms with Crippen LogP contribution in [0.1, 0.15) is 25.8 Å². The van der Waals surface area contributed by atoms with E-state index < -0.39 is 0 Å². The number of rotatable bonds is 5. The first kappa shape index (κ1) is 13.0. The maximum atomic E-state index is 12.0. The van der Waals surface area contributed by atoms with Crippen LogP contribution in [-0.2, 0) is 9.59 Å². The van der Waals surface area contributed by atoms with Crippen molar-refractivity contribution in [3.63, 3.8) is 0 Å². The minimum absolute atomic E-state index is 0.167. The molecule has 2 amide bonds. The van der Waals surface area contributed by atoms with E-state index in [0.717, 1.165) is 0 Å². The molecular formula is C12H14N4O3. The first-order valence-corrected chi connectivity index (χ1v) is 5.92. The third-order valence-corrected chi connectivity index (χ3v) is 2.88. The van der Waals surface area contributed by atoms with Crippen molar-refractivity contribution in [3.05, 3.63) is 34.9 Å². The van der Waals surface area contributed by atoms with Gasteiger partial charge < -0.3 is 0 Å². The van der Waals surface area contributed by atoms with Crippen molar-refractivity contribution in [2.24, 2.45) is 0 Å². The van der Waals surface area contributed by atoms with E-state index in [1.807, 2.05) is 6.92 Å². The van der Waals surface area contributed by atoms with Crippen LogP contribution >= 0.6 is 0 Å². The molecule has 0 radical (unpaired) electrons. The number of fused-ring (bicyclic) bond motifs is 1. The Morgan fingerprint density at radius 3 is 3.00 bits per heavy atom. The Balaban J connectivity index is 2.15. The predicted octanol–water partition coefficient (Wildman–Crippen LogP) is 0.110. The van der Waals surface area contributed by atoms with Crippen molar-refractivity contribution in [1.82, 2.24) is 19.5 Å². The summed E-state index contributed by atoms with van der Waals surface area (Å²) in [4.78, 5) is 33.3. The molecule has 0 aliphatic carbocycles. The monoisotopic (exact) mass is 262 g/mol. The number of amides is 2. The maximum Gasteiger partial charge on any atom is 0.350 e. The van der Waals surface area contributed by atoms with Gasteiger partial charge in [0.2, 0.25) is 12.3 Å². The number of carbonyl (C=O) groups is 2. The Labute approximate surface area is 108 Å². The second kappa shape index (κ2) is 5.47. The average molecular weight is 262 g/mol. The molecule has 2 aromatic heterocycles. The average Bonchev–Trinajstić information content (AvgIpc) is 2.74. The molecule has 2 aromatic rings. The summed E-state index contributed by atoms with van der Waals surface area (Å²) in [7, 11) is 0. The Morgan fingerprint density at radius 1 is 1.53 bits per heavy atom. The predicted molar refractivity (Wildman–Crippen MR) is 67.6 cm³/mol. The first-order chi connectivity index (χ1) is 9.13. The lowest BCUT2D eigenvalue weighted by Crippen LogP contribution is -2.26. The van der Waals surface area contributed by atoms with Gasteiger partial charge in [-0.3, -0.25) is 19.3 Å². The minimum atomic E-state index is -0.362. The lowest BCUT2D eigenvalue weighted by molar-refractivity contribution is -0.125. The van der Waals surface area contributed by atoms with Crippen LogP contribution in [-0.4, -0.2) is 26.5 Å². The molecule has 100 valence electrons. The van der Waals surface area contributed by atoms with Gasteiger partial charge in [0.1, 0.15) is 0 Å². The molecule has 1 unspecified atom stereocenters. The second-order valence-corrected chi connectivity index (χ2v) is 4.23. The van der Waals surface area contributed by atoms with Crippen LogP contribution in [0.15, 0.2) is 29.2 Å². The van der Waals surface area contributed by atoms with Crippen LogP contribution in [0.3, 0.4) is 0 Å². The molecule has 0 aromatic carbocycles. The van der Waals surface area contributed by atoms with Gasteiger partial charge in [0, 0.05) is 12.6 Å². The highest BCUT2D eigenvalue weighted by Crippen LogP contribution is 2.10. The van der Waals surface area contributed by atoms with Gasteiger partial charge in [0.05, 0.1) is 6.04 Å². The summed E-state index contributed by atoms with van der Waals surface area (Å²) in [5, 5.41) is 6.26. The fraction of sp³-hybridized carbons (Fsp3) is 0.333. The molecular weight excluding hydrogens is 248 g/mol. The molecule has 0 saturated heterocycles. The van der Waals surface area contributed by atoms with Gasteiger partial charge in [-0.15, -0.1) is 5.10 Å². The number of nitrogens with zero attached hydrogens (tertiary/aromatic N) is 3. The number of carbonyl (C=O) groups excluding carboxylic acids is 2. The zero-order valence-corrected chi connectivity index (χ0v) is 10.4. The van der Waals surface area contributed by atoms with Gasteiger partial charge in [-0.1, -0.05) is 6.07 Å². The third-order valence-electron chi connectivity index (χ3n) is 2.88. The number of pyridine rings is 1. The molecule has 2 rings (SSSR count). The molecule has 0 spiro atoms. The van der Waals surface area contributed by atoms with Crippen LogP contribution in [0.5, 0.6) is 0 Å². The molecule has 19 heavy (non-hydrogen) atoms. The zero-order valence-electron chi connectivity index (χ0n) is 10.4. The molecule has 0 aliphatic rings. The van der Waals surface area contributed by atoms with E-state index in [1.54, 1.807) is 24.4 Å². The number of hydrogen-bond acceptors (Lipinski definition) is 4. The highest BCUT2D eigenvalue weighted by atomic mass is 16.2. The summed E-state index contributed by atoms with van der Waals surface area (Å²) in [6, 6.07) is 5.07. The molecule has 7 heteroatoms. The summed E-state index contributed by atoms with van der Waals surface area (Å²) in [6.45, 7) is 1.81. The largest absolute Gasteiger partial charge is 0.350 e. The van der Waals surface area contributed by atoms with Crippen molar-refractivity contribution < 1.29 is 9.59 Å². The fourth-order valence-corrected chi connectivity index (χ4v) is 1.83. The highest BCUT2D eigenvalue weighted by Gasteiger charge is 2.13. The molecule has 1 atom stereocenters. The van der Waals surface area contributed by atoms with E-state index in [-0.39, 0.29) is 24.1 Å². The molecule has 2 heterocycles. The van der Waals surface area contributed by atoms with Gasteiger partial charge in [-0.2, -0.15) is 0 Å². The maximum absolute atomic E-state index is 12.0. The molecule has 0 saturated carbocycles. The van der Waals surface area contributed by atoms with E-state index in [4.69, 9.17) is 0 Å². The van der Waals surface area contributed by atoms with E-state index in [0.29, 0.717) is 18.5 Å². The molecule has 1 N–H and O–H groups in total. The summed E-state index contributed by atoms with van der Waals surface area (Å²) in [5.41, 5.74) is 0.329. The number of imide groups is 1. The van der Waals surface area contributed by atoms with E-state index in [1.165, 1.54) is 9.08 Å². The molecule has 0 bridgehead atoms. The van der Waals surface area contributed by atoms with Gasteiger partial charge in [0.25, 0.3) is 0 Å². The SMILES string of the molecule is CC(CCC(=O)NC=O)n1nc2ccccn2c1=O. The van der Waals surface area contributed by atoms with Crippen molar-refractivity contribution >= 4 is 18.0 Å². The smallest absolute Gasteiger partial charge is 0.299 e. The zero-order chi connectivity index (χ0) is 13.8. The Hall–Kier alpha value is -2.44. The van der Waals surface area contributed by atoms with Crippen LogP contribution in [0.25, 0.3) is 5.65 Å². The molecule has 7 nitrogen and oxygen atoms in total. The quantitative estimate of drug-likeness (QED) is 0.775. The van der Waals surface area contributed by atoms with Gasteiger partial charge in [0.15, 0.2) is 5.65 Å². The first-order valence-electron chi connectivity index (χ1n) is 5.92. The van der Waals surface area contributed by atoms with Crippen molar-refractivity contribution in [3.8, 4) is 0 Å². The lowest BCUT2D eigenvalue weighted by atomic mass is 10.2. The summed E-state index contributed by atoms with van der Waals surface area (Å²) in [6.07, 6.45) is 2.60. The summed E-state index contributed by atoms with van der Waals surface area (Å²) in [5.74, 6) is -0.362. The van der Waals surface area contributed by atoms with Gasteiger partial charge >= 0.3 is 5.69 Å². The second-order valence-electron chi connectivity index (χ2n) is 4.23. The standard InChI is InChI=1S/C12H14N4O3/c1-9(5-6-11(18)13-8-17)16-12(19)15-7-3-2-4-10(15)14-16/h2-4,7-9H,5-6H2,1H3,(H,13,17,18). The third kappa shape index (κ3) is 2.70.